The van der Waals surface area contributed by atoms with Crippen LogP contribution >= 0.6 is 34.0 Å². The minimum absolute atomic E-state index is 0.706. The molecule has 4 heteroatoms. The summed E-state index contributed by atoms with van der Waals surface area (Å²) in [5, 5.41) is 18.5. The van der Waals surface area contributed by atoms with Crippen LogP contribution in [0, 0.1) is 11.3 Å². The van der Waals surface area contributed by atoms with Gasteiger partial charge in [-0.2, -0.15) is 5.26 Å². The lowest BCUT2D eigenvalue weighted by Crippen LogP contribution is -1.93. The first-order valence-electron chi connectivity index (χ1n) is 15.5. The molecule has 10 aromatic rings. The number of thiophene rings is 3. The third-order valence-corrected chi connectivity index (χ3v) is 12.7. The van der Waals surface area contributed by atoms with E-state index in [1.807, 2.05) is 34.0 Å². The molecule has 3 heterocycles. The Morgan fingerprint density at radius 2 is 0.702 bits per heavy atom. The average Bonchev–Trinajstić information content (AvgIpc) is 3.81. The zero-order valence-corrected chi connectivity index (χ0v) is 27.4. The summed E-state index contributed by atoms with van der Waals surface area (Å²) in [5.74, 6) is 0. The van der Waals surface area contributed by atoms with Gasteiger partial charge in [-0.25, -0.2) is 0 Å². The maximum atomic E-state index is 10.8. The molecular formula is C43H23NS3. The Hall–Kier alpha value is -5.31. The maximum absolute atomic E-state index is 10.8. The summed E-state index contributed by atoms with van der Waals surface area (Å²) in [5.41, 5.74) is 7.03. The zero-order chi connectivity index (χ0) is 31.1. The second-order valence-corrected chi connectivity index (χ2v) is 15.2. The minimum atomic E-state index is 0.706. The van der Waals surface area contributed by atoms with Crippen LogP contribution < -0.4 is 0 Å². The van der Waals surface area contributed by atoms with Crippen LogP contribution in [0.5, 0.6) is 0 Å². The third kappa shape index (κ3) is 4.18. The van der Waals surface area contributed by atoms with E-state index >= 15 is 0 Å². The monoisotopic (exact) mass is 649 g/mol. The highest BCUT2D eigenvalue weighted by molar-refractivity contribution is 7.26. The van der Waals surface area contributed by atoms with Gasteiger partial charge in [0.1, 0.15) is 6.07 Å². The van der Waals surface area contributed by atoms with Gasteiger partial charge in [0.2, 0.25) is 0 Å². The highest BCUT2D eigenvalue weighted by Crippen LogP contribution is 2.44. The number of hydrogen-bond acceptors (Lipinski definition) is 4. The zero-order valence-electron chi connectivity index (χ0n) is 25.0. The summed E-state index contributed by atoms with van der Waals surface area (Å²) in [6.07, 6.45) is 0. The van der Waals surface area contributed by atoms with E-state index < -0.39 is 0 Å². The van der Waals surface area contributed by atoms with Crippen molar-refractivity contribution in [1.29, 1.82) is 5.26 Å². The third-order valence-electron chi connectivity index (χ3n) is 9.34. The lowest BCUT2D eigenvalue weighted by atomic mass is 9.88. The molecule has 0 amide bonds. The fourth-order valence-electron chi connectivity index (χ4n) is 7.08. The van der Waals surface area contributed by atoms with Gasteiger partial charge in [-0.15, -0.1) is 34.0 Å². The summed E-state index contributed by atoms with van der Waals surface area (Å²) in [7, 11) is 0. The standard InChI is InChI=1S/C43H23NS3/c44-24-37-35(26-14-17-33-30-8-2-5-11-39(30)46-42(33)22-26)19-28(25-13-16-32-29-7-1-4-10-38(29)45-41(32)21-25)20-36(37)27-15-18-34-31-9-3-6-12-40(31)47-43(34)23-27/h1-23H. The van der Waals surface area contributed by atoms with Gasteiger partial charge in [0, 0.05) is 71.6 Å². The van der Waals surface area contributed by atoms with Crippen LogP contribution in [0.15, 0.2) is 140 Å². The number of rotatable bonds is 3. The van der Waals surface area contributed by atoms with Gasteiger partial charge in [0.15, 0.2) is 0 Å². The van der Waals surface area contributed by atoms with Crippen LogP contribution in [-0.4, -0.2) is 0 Å². The first kappa shape index (κ1) is 26.9. The quantitative estimate of drug-likeness (QED) is 0.187. The molecule has 0 spiro atoms. The summed E-state index contributed by atoms with van der Waals surface area (Å²) in [6.45, 7) is 0. The van der Waals surface area contributed by atoms with Gasteiger partial charge in [-0.05, 0) is 70.8 Å². The van der Waals surface area contributed by atoms with Gasteiger partial charge in [0.05, 0.1) is 5.56 Å². The van der Waals surface area contributed by atoms with Crippen LogP contribution in [-0.2, 0) is 0 Å². The lowest BCUT2D eigenvalue weighted by Gasteiger charge is -2.15. The van der Waals surface area contributed by atoms with E-state index in [0.717, 1.165) is 33.4 Å². The molecular weight excluding hydrogens is 627 g/mol. The van der Waals surface area contributed by atoms with Gasteiger partial charge in [-0.1, -0.05) is 91.0 Å². The molecule has 0 radical (unpaired) electrons. The SMILES string of the molecule is N#Cc1c(-c2ccc3c(c2)sc2ccccc23)cc(-c2ccc3c(c2)sc2ccccc23)cc1-c1ccc2c(c1)sc1ccccc12. The van der Waals surface area contributed by atoms with E-state index in [1.165, 1.54) is 60.5 Å². The van der Waals surface area contributed by atoms with Crippen LogP contribution in [0.1, 0.15) is 5.56 Å². The Bertz CT molecular complexity index is 2790. The van der Waals surface area contributed by atoms with Crippen molar-refractivity contribution < 1.29 is 0 Å². The highest BCUT2D eigenvalue weighted by Gasteiger charge is 2.18. The van der Waals surface area contributed by atoms with Gasteiger partial charge in [0.25, 0.3) is 0 Å². The van der Waals surface area contributed by atoms with E-state index in [4.69, 9.17) is 0 Å². The van der Waals surface area contributed by atoms with E-state index in [1.54, 1.807) is 0 Å². The van der Waals surface area contributed by atoms with E-state index in [0.29, 0.717) is 5.56 Å². The second-order valence-electron chi connectivity index (χ2n) is 12.0. The first-order valence-corrected chi connectivity index (χ1v) is 18.0. The Morgan fingerprint density at radius 3 is 1.13 bits per heavy atom. The molecule has 0 aliphatic carbocycles. The highest BCUT2D eigenvalue weighted by atomic mass is 32.1. The molecule has 47 heavy (non-hydrogen) atoms. The fraction of sp³-hybridized carbons (Fsp3) is 0. The largest absolute Gasteiger partial charge is 0.192 e. The fourth-order valence-corrected chi connectivity index (χ4v) is 10.5. The van der Waals surface area contributed by atoms with Crippen LogP contribution in [0.4, 0.5) is 0 Å². The molecule has 0 unspecified atom stereocenters. The van der Waals surface area contributed by atoms with Crippen molar-refractivity contribution in [2.24, 2.45) is 0 Å². The predicted octanol–water partition coefficient (Wildman–Crippen LogP) is 13.7. The van der Waals surface area contributed by atoms with Gasteiger partial charge in [-0.3, -0.25) is 0 Å². The normalized spacial score (nSPS) is 11.8. The first-order chi connectivity index (χ1) is 23.2. The molecule has 0 N–H and O–H groups in total. The minimum Gasteiger partial charge on any atom is -0.192 e. The molecule has 0 saturated carbocycles. The molecule has 0 atom stereocenters. The molecule has 10 rings (SSSR count). The van der Waals surface area contributed by atoms with Crippen LogP contribution in [0.3, 0.4) is 0 Å². The molecule has 0 aliphatic heterocycles. The molecule has 1 nitrogen and oxygen atoms in total. The van der Waals surface area contributed by atoms with Crippen molar-refractivity contribution in [3.8, 4) is 39.4 Å². The summed E-state index contributed by atoms with van der Waals surface area (Å²) < 4.78 is 7.60. The van der Waals surface area contributed by atoms with E-state index in [-0.39, 0.29) is 0 Å². The number of hydrogen-bond donors (Lipinski definition) is 0. The number of nitriles is 1. The maximum Gasteiger partial charge on any atom is 0.100 e. The Balaban J connectivity index is 1.23. The van der Waals surface area contributed by atoms with E-state index in [9.17, 15) is 5.26 Å². The van der Waals surface area contributed by atoms with Crippen molar-refractivity contribution >= 4 is 94.5 Å². The summed E-state index contributed by atoms with van der Waals surface area (Å²) >= 11 is 5.46. The second kappa shape index (κ2) is 10.4. The van der Waals surface area contributed by atoms with E-state index in [2.05, 4.69) is 146 Å². The molecule has 7 aromatic carbocycles. The molecule has 0 fully saturated rings. The van der Waals surface area contributed by atoms with Crippen molar-refractivity contribution in [2.45, 2.75) is 0 Å². The van der Waals surface area contributed by atoms with Crippen LogP contribution in [0.25, 0.3) is 93.9 Å². The smallest absolute Gasteiger partial charge is 0.100 e. The molecule has 0 bridgehead atoms. The Labute approximate surface area is 282 Å². The number of nitrogens with zero attached hydrogens (tertiary/aromatic N) is 1. The average molecular weight is 650 g/mol. The summed E-state index contributed by atoms with van der Waals surface area (Å²) in [4.78, 5) is 0. The van der Waals surface area contributed by atoms with Crippen LogP contribution in [0.2, 0.25) is 0 Å². The van der Waals surface area contributed by atoms with Gasteiger partial charge < -0.3 is 0 Å². The Kier molecular flexibility index (Phi) is 5.92. The predicted molar refractivity (Wildman–Crippen MR) is 206 cm³/mol. The van der Waals surface area contributed by atoms with Crippen molar-refractivity contribution in [3.63, 3.8) is 0 Å². The number of benzene rings is 7. The lowest BCUT2D eigenvalue weighted by molar-refractivity contribution is 1.47. The molecule has 218 valence electrons. The molecule has 0 aliphatic rings. The van der Waals surface area contributed by atoms with Crippen molar-refractivity contribution in [1.82, 2.24) is 0 Å². The molecule has 3 aromatic heterocycles. The summed E-state index contributed by atoms with van der Waals surface area (Å²) in [6, 6.07) is 53.1. The van der Waals surface area contributed by atoms with Crippen molar-refractivity contribution in [2.75, 3.05) is 0 Å². The number of fused-ring (bicyclic) bond motifs is 9. The topological polar surface area (TPSA) is 23.8 Å². The molecule has 0 saturated heterocycles. The Morgan fingerprint density at radius 1 is 0.340 bits per heavy atom. The van der Waals surface area contributed by atoms with Gasteiger partial charge >= 0.3 is 0 Å². The van der Waals surface area contributed by atoms with Crippen molar-refractivity contribution in [3.05, 3.63) is 145 Å².